The van der Waals surface area contributed by atoms with Crippen LogP contribution < -0.4 is 0 Å². The molecular weight excluding hydrogens is 415 g/mol. The predicted molar refractivity (Wildman–Crippen MR) is 116 cm³/mol. The van der Waals surface area contributed by atoms with Crippen LogP contribution in [0, 0.1) is 5.82 Å². The third-order valence-electron chi connectivity index (χ3n) is 4.79. The van der Waals surface area contributed by atoms with Crippen LogP contribution in [0.4, 0.5) is 4.39 Å². The van der Waals surface area contributed by atoms with Gasteiger partial charge in [-0.3, -0.25) is 9.59 Å². The number of halogens is 1. The Morgan fingerprint density at radius 3 is 2.44 bits per heavy atom. The molecule has 0 unspecified atom stereocenters. The lowest BCUT2D eigenvalue weighted by molar-refractivity contribution is -0.140. The topological polar surface area (TPSA) is 101 Å². The number of carbonyl (C=O) groups excluding carboxylic acids is 3. The molecule has 1 aliphatic carbocycles. The molecule has 0 saturated heterocycles. The van der Waals surface area contributed by atoms with E-state index in [1.54, 1.807) is 12.1 Å². The molecule has 0 bridgehead atoms. The van der Waals surface area contributed by atoms with E-state index in [0.717, 1.165) is 29.9 Å². The molecule has 164 valence electrons. The normalized spacial score (nSPS) is 14.0. The largest absolute Gasteiger partial charge is 0.507 e. The van der Waals surface area contributed by atoms with Crippen molar-refractivity contribution in [2.45, 2.75) is 26.4 Å². The summed E-state index contributed by atoms with van der Waals surface area (Å²) < 4.78 is 18.8. The van der Waals surface area contributed by atoms with Crippen molar-refractivity contribution in [3.8, 4) is 11.5 Å². The predicted octanol–water partition coefficient (Wildman–Crippen LogP) is 4.52. The number of phenols is 2. The van der Waals surface area contributed by atoms with Crippen LogP contribution in [0.15, 0.2) is 65.8 Å². The fourth-order valence-corrected chi connectivity index (χ4v) is 3.26. The highest BCUT2D eigenvalue weighted by atomic mass is 19.1. The number of Topliss-reactive ketones (excluding diaryl/α,β-unsaturated/α-hetero) is 1. The zero-order valence-corrected chi connectivity index (χ0v) is 17.5. The summed E-state index contributed by atoms with van der Waals surface area (Å²) in [6, 6.07) is 7.84. The summed E-state index contributed by atoms with van der Waals surface area (Å²) in [5.41, 5.74) is 0.601. The molecule has 0 fully saturated rings. The summed E-state index contributed by atoms with van der Waals surface area (Å²) in [5.74, 6) is -3.55. The molecule has 0 heterocycles. The number of allylic oxidation sites excluding steroid dienone is 2. The monoisotopic (exact) mass is 436 g/mol. The fourth-order valence-electron chi connectivity index (χ4n) is 3.26. The molecule has 0 radical (unpaired) electrons. The maximum absolute atomic E-state index is 13.3. The molecule has 1 atom stereocenters. The van der Waals surface area contributed by atoms with Gasteiger partial charge in [-0.2, -0.15) is 0 Å². The summed E-state index contributed by atoms with van der Waals surface area (Å²) in [4.78, 5) is 38.1. The molecule has 32 heavy (non-hydrogen) atoms. The molecule has 0 aliphatic heterocycles. The Bertz CT molecular complexity index is 1180. The number of fused-ring (bicyclic) bond motifs is 1. The number of rotatable bonds is 6. The first-order valence-corrected chi connectivity index (χ1v) is 9.80. The van der Waals surface area contributed by atoms with Crippen molar-refractivity contribution in [3.63, 3.8) is 0 Å². The number of benzene rings is 2. The van der Waals surface area contributed by atoms with Gasteiger partial charge in [-0.25, -0.2) is 9.18 Å². The average Bonchev–Trinajstić information content (AvgIpc) is 2.74. The summed E-state index contributed by atoms with van der Waals surface area (Å²) in [6.45, 7) is 3.65. The van der Waals surface area contributed by atoms with Gasteiger partial charge in [0.15, 0.2) is 11.6 Å². The Morgan fingerprint density at radius 2 is 1.78 bits per heavy atom. The number of ketones is 2. The van der Waals surface area contributed by atoms with Crippen molar-refractivity contribution >= 4 is 23.6 Å². The van der Waals surface area contributed by atoms with Crippen LogP contribution in [0.3, 0.4) is 0 Å². The van der Waals surface area contributed by atoms with E-state index in [1.165, 1.54) is 24.3 Å². The Balaban J connectivity index is 1.91. The number of carbonyl (C=O) groups is 3. The minimum Gasteiger partial charge on any atom is -0.507 e. The molecule has 2 N–H and O–H groups in total. The van der Waals surface area contributed by atoms with Crippen LogP contribution in [0.25, 0.3) is 6.08 Å². The molecule has 0 spiro atoms. The standard InChI is InChI=1S/C25H21FO6/c1-14(2)6-10-21(32-22(30)11-7-15-4-3-5-16(26)12-15)17-13-20(29)23-18(27)8-9-19(28)24(23)25(17)31/h3-9,11-13,21,27-28H,10H2,1-2H3/b11-7+/t21-/m1/s1. The molecule has 6 nitrogen and oxygen atoms in total. The van der Waals surface area contributed by atoms with Crippen molar-refractivity contribution in [2.75, 3.05) is 0 Å². The van der Waals surface area contributed by atoms with E-state index in [1.807, 2.05) is 13.8 Å². The van der Waals surface area contributed by atoms with Crippen LogP contribution in [0.2, 0.25) is 0 Å². The molecule has 0 amide bonds. The zero-order valence-electron chi connectivity index (χ0n) is 17.5. The minimum atomic E-state index is -1.11. The van der Waals surface area contributed by atoms with Crippen LogP contribution in [-0.2, 0) is 9.53 Å². The summed E-state index contributed by atoms with van der Waals surface area (Å²) in [7, 11) is 0. The number of aromatic hydroxyl groups is 2. The fraction of sp³-hybridized carbons (Fsp3) is 0.160. The lowest BCUT2D eigenvalue weighted by atomic mass is 9.85. The van der Waals surface area contributed by atoms with Gasteiger partial charge in [0.25, 0.3) is 0 Å². The van der Waals surface area contributed by atoms with Crippen LogP contribution in [-0.4, -0.2) is 33.9 Å². The third kappa shape index (κ3) is 5.00. The Hall–Kier alpha value is -4.00. The Morgan fingerprint density at radius 1 is 1.09 bits per heavy atom. The number of esters is 1. The zero-order chi connectivity index (χ0) is 23.4. The average molecular weight is 436 g/mol. The van der Waals surface area contributed by atoms with Crippen molar-refractivity contribution in [2.24, 2.45) is 0 Å². The minimum absolute atomic E-state index is 0.113. The molecule has 1 aliphatic rings. The van der Waals surface area contributed by atoms with Crippen LogP contribution >= 0.6 is 0 Å². The third-order valence-corrected chi connectivity index (χ3v) is 4.79. The SMILES string of the molecule is CC(C)=CC[C@@H](OC(=O)/C=C/c1cccc(F)c1)C1=CC(=O)c2c(O)ccc(O)c2C1=O. The molecule has 0 aromatic heterocycles. The van der Waals surface area contributed by atoms with Gasteiger partial charge in [-0.05, 0) is 55.8 Å². The number of hydrogen-bond acceptors (Lipinski definition) is 6. The molecule has 2 aromatic carbocycles. The van der Waals surface area contributed by atoms with E-state index in [9.17, 15) is 29.0 Å². The van der Waals surface area contributed by atoms with Crippen molar-refractivity contribution in [1.29, 1.82) is 0 Å². The molecular formula is C25H21FO6. The van der Waals surface area contributed by atoms with Crippen LogP contribution in [0.1, 0.15) is 46.5 Å². The van der Waals surface area contributed by atoms with Gasteiger partial charge in [-0.1, -0.05) is 23.8 Å². The molecule has 3 rings (SSSR count). The van der Waals surface area contributed by atoms with Gasteiger partial charge in [0.2, 0.25) is 0 Å². The highest BCUT2D eigenvalue weighted by Gasteiger charge is 2.35. The van der Waals surface area contributed by atoms with E-state index in [2.05, 4.69) is 0 Å². The lowest BCUT2D eigenvalue weighted by Crippen LogP contribution is -2.28. The smallest absolute Gasteiger partial charge is 0.331 e. The van der Waals surface area contributed by atoms with E-state index < -0.39 is 41.0 Å². The number of hydrogen-bond donors (Lipinski definition) is 2. The first kappa shape index (κ1) is 22.7. The maximum Gasteiger partial charge on any atom is 0.331 e. The van der Waals surface area contributed by atoms with Gasteiger partial charge in [-0.15, -0.1) is 0 Å². The summed E-state index contributed by atoms with van der Waals surface area (Å²) in [6.07, 6.45) is 4.21. The first-order chi connectivity index (χ1) is 15.2. The Kier molecular flexibility index (Phi) is 6.68. The number of ether oxygens (including phenoxy) is 1. The van der Waals surface area contributed by atoms with Gasteiger partial charge >= 0.3 is 5.97 Å². The van der Waals surface area contributed by atoms with Gasteiger partial charge in [0, 0.05) is 18.1 Å². The summed E-state index contributed by atoms with van der Waals surface area (Å²) >= 11 is 0. The number of phenolic OH excluding ortho intramolecular Hbond substituents is 2. The van der Waals surface area contributed by atoms with E-state index in [-0.39, 0.29) is 23.1 Å². The van der Waals surface area contributed by atoms with Crippen LogP contribution in [0.5, 0.6) is 11.5 Å². The molecule has 2 aromatic rings. The van der Waals surface area contributed by atoms with Crippen molar-refractivity contribution in [3.05, 3.63) is 88.3 Å². The molecule has 0 saturated carbocycles. The highest BCUT2D eigenvalue weighted by molar-refractivity contribution is 6.27. The highest BCUT2D eigenvalue weighted by Crippen LogP contribution is 2.36. The van der Waals surface area contributed by atoms with Crippen molar-refractivity contribution < 1.29 is 33.7 Å². The second kappa shape index (κ2) is 9.43. The van der Waals surface area contributed by atoms with E-state index >= 15 is 0 Å². The van der Waals surface area contributed by atoms with E-state index in [0.29, 0.717) is 5.56 Å². The lowest BCUT2D eigenvalue weighted by Gasteiger charge is -2.23. The van der Waals surface area contributed by atoms with Gasteiger partial charge in [0.05, 0.1) is 11.1 Å². The second-order valence-electron chi connectivity index (χ2n) is 7.48. The van der Waals surface area contributed by atoms with E-state index in [4.69, 9.17) is 4.74 Å². The quantitative estimate of drug-likeness (QED) is 0.299. The van der Waals surface area contributed by atoms with Crippen molar-refractivity contribution in [1.82, 2.24) is 0 Å². The maximum atomic E-state index is 13.3. The first-order valence-electron chi connectivity index (χ1n) is 9.80. The van der Waals surface area contributed by atoms with Gasteiger partial charge < -0.3 is 14.9 Å². The molecule has 7 heteroatoms. The summed E-state index contributed by atoms with van der Waals surface area (Å²) in [5, 5.41) is 20.1. The Labute approximate surface area is 184 Å². The second-order valence-corrected chi connectivity index (χ2v) is 7.48. The van der Waals surface area contributed by atoms with Gasteiger partial charge in [0.1, 0.15) is 23.4 Å².